The van der Waals surface area contributed by atoms with Crippen LogP contribution in [-0.2, 0) is 12.8 Å². The minimum Gasteiger partial charge on any atom is -0.342 e. The molecule has 0 saturated carbocycles. The molecule has 0 unspecified atom stereocenters. The van der Waals surface area contributed by atoms with Crippen molar-refractivity contribution in [3.05, 3.63) is 40.7 Å². The number of nitrogens with one attached hydrogen (secondary N) is 1. The second-order valence-electron chi connectivity index (χ2n) is 4.45. The van der Waals surface area contributed by atoms with Gasteiger partial charge >= 0.3 is 0 Å². The third-order valence-corrected chi connectivity index (χ3v) is 3.44. The van der Waals surface area contributed by atoms with E-state index in [0.29, 0.717) is 0 Å². The van der Waals surface area contributed by atoms with Gasteiger partial charge in [-0.25, -0.2) is 4.98 Å². The van der Waals surface area contributed by atoms with E-state index in [1.807, 2.05) is 24.3 Å². The smallest absolute Gasteiger partial charge is 0.139 e. The van der Waals surface area contributed by atoms with Crippen molar-refractivity contribution in [2.45, 2.75) is 39.5 Å². The van der Waals surface area contributed by atoms with Crippen molar-refractivity contribution in [3.63, 3.8) is 0 Å². The zero-order chi connectivity index (χ0) is 13.0. The molecule has 0 radical (unpaired) electrons. The van der Waals surface area contributed by atoms with Gasteiger partial charge in [0, 0.05) is 11.3 Å². The molecule has 18 heavy (non-hydrogen) atoms. The summed E-state index contributed by atoms with van der Waals surface area (Å²) in [6.07, 6.45) is 4.41. The molecule has 0 bridgehead atoms. The van der Waals surface area contributed by atoms with E-state index >= 15 is 0 Å². The Morgan fingerprint density at radius 1 is 1.22 bits per heavy atom. The molecule has 0 fully saturated rings. The average Bonchev–Trinajstić information content (AvgIpc) is 2.80. The molecular formula is C15H19ClN2. The van der Waals surface area contributed by atoms with Gasteiger partial charge in [0.2, 0.25) is 0 Å². The molecule has 0 amide bonds. The molecule has 2 aromatic rings. The van der Waals surface area contributed by atoms with Crippen molar-refractivity contribution >= 4 is 11.6 Å². The minimum atomic E-state index is 0.746. The van der Waals surface area contributed by atoms with Gasteiger partial charge in [-0.15, -0.1) is 0 Å². The molecule has 0 atom stereocenters. The Balaban J connectivity index is 2.35. The number of aryl methyl sites for hydroxylation is 2. The normalized spacial score (nSPS) is 10.8. The van der Waals surface area contributed by atoms with Crippen molar-refractivity contribution in [2.75, 3.05) is 0 Å². The molecular weight excluding hydrogens is 244 g/mol. The Hall–Kier alpha value is -1.28. The number of rotatable bonds is 5. The number of hydrogen-bond acceptors (Lipinski definition) is 1. The topological polar surface area (TPSA) is 28.7 Å². The van der Waals surface area contributed by atoms with Crippen LogP contribution in [0.4, 0.5) is 0 Å². The predicted molar refractivity (Wildman–Crippen MR) is 77.0 cm³/mol. The van der Waals surface area contributed by atoms with Crippen LogP contribution < -0.4 is 0 Å². The van der Waals surface area contributed by atoms with E-state index < -0.39 is 0 Å². The minimum absolute atomic E-state index is 0.746. The fourth-order valence-electron chi connectivity index (χ4n) is 2.08. The van der Waals surface area contributed by atoms with Crippen LogP contribution in [0.5, 0.6) is 0 Å². The van der Waals surface area contributed by atoms with E-state index in [0.717, 1.165) is 29.3 Å². The van der Waals surface area contributed by atoms with Crippen LogP contribution in [0.2, 0.25) is 5.02 Å². The van der Waals surface area contributed by atoms with Gasteiger partial charge in [0.1, 0.15) is 5.82 Å². The number of H-pyrrole nitrogens is 1. The SMILES string of the molecule is CCCCc1[nH]c(-c2ccccc2Cl)nc1CC. The summed E-state index contributed by atoms with van der Waals surface area (Å²) in [6, 6.07) is 7.83. The number of halogens is 1. The first-order valence-electron chi connectivity index (χ1n) is 6.58. The lowest BCUT2D eigenvalue weighted by Crippen LogP contribution is -1.91. The van der Waals surface area contributed by atoms with Gasteiger partial charge in [0.25, 0.3) is 0 Å². The van der Waals surface area contributed by atoms with Crippen LogP contribution in [0.1, 0.15) is 38.1 Å². The zero-order valence-corrected chi connectivity index (χ0v) is 11.7. The lowest BCUT2D eigenvalue weighted by molar-refractivity contribution is 0.771. The maximum absolute atomic E-state index is 6.21. The maximum Gasteiger partial charge on any atom is 0.139 e. The first kappa shape index (κ1) is 13.2. The van der Waals surface area contributed by atoms with Crippen molar-refractivity contribution in [2.24, 2.45) is 0 Å². The molecule has 0 aliphatic carbocycles. The van der Waals surface area contributed by atoms with Crippen molar-refractivity contribution in [1.29, 1.82) is 0 Å². The highest BCUT2D eigenvalue weighted by Crippen LogP contribution is 2.26. The molecule has 0 saturated heterocycles. The Bertz CT molecular complexity index is 517. The van der Waals surface area contributed by atoms with Gasteiger partial charge in [-0.2, -0.15) is 0 Å². The third-order valence-electron chi connectivity index (χ3n) is 3.11. The van der Waals surface area contributed by atoms with Crippen LogP contribution in [-0.4, -0.2) is 9.97 Å². The van der Waals surface area contributed by atoms with Crippen LogP contribution in [0.15, 0.2) is 24.3 Å². The second kappa shape index (κ2) is 6.05. The van der Waals surface area contributed by atoms with Crippen molar-refractivity contribution in [3.8, 4) is 11.4 Å². The first-order chi connectivity index (χ1) is 8.76. The maximum atomic E-state index is 6.21. The zero-order valence-electron chi connectivity index (χ0n) is 11.0. The number of nitrogens with zero attached hydrogens (tertiary/aromatic N) is 1. The van der Waals surface area contributed by atoms with Gasteiger partial charge in [-0.3, -0.25) is 0 Å². The van der Waals surface area contributed by atoms with E-state index in [1.165, 1.54) is 24.2 Å². The molecule has 2 nitrogen and oxygen atoms in total. The Morgan fingerprint density at radius 3 is 2.67 bits per heavy atom. The molecule has 1 aromatic carbocycles. The number of aromatic nitrogens is 2. The van der Waals surface area contributed by atoms with Crippen LogP contribution in [0, 0.1) is 0 Å². The highest BCUT2D eigenvalue weighted by molar-refractivity contribution is 6.33. The monoisotopic (exact) mass is 262 g/mol. The van der Waals surface area contributed by atoms with Crippen LogP contribution >= 0.6 is 11.6 Å². The number of aromatic amines is 1. The highest BCUT2D eigenvalue weighted by atomic mass is 35.5. The second-order valence-corrected chi connectivity index (χ2v) is 4.85. The molecule has 1 aromatic heterocycles. The summed E-state index contributed by atoms with van der Waals surface area (Å²) in [4.78, 5) is 8.10. The average molecular weight is 263 g/mol. The quantitative estimate of drug-likeness (QED) is 0.836. The fourth-order valence-corrected chi connectivity index (χ4v) is 2.30. The van der Waals surface area contributed by atoms with E-state index in [1.54, 1.807) is 0 Å². The lowest BCUT2D eigenvalue weighted by atomic mass is 10.1. The number of hydrogen-bond donors (Lipinski definition) is 1. The highest BCUT2D eigenvalue weighted by Gasteiger charge is 2.11. The molecule has 3 heteroatoms. The Labute approximate surface area is 113 Å². The number of benzene rings is 1. The third kappa shape index (κ3) is 2.75. The summed E-state index contributed by atoms with van der Waals surface area (Å²) in [5.41, 5.74) is 3.41. The van der Waals surface area contributed by atoms with Crippen LogP contribution in [0.25, 0.3) is 11.4 Å². The van der Waals surface area contributed by atoms with Gasteiger partial charge < -0.3 is 4.98 Å². The largest absolute Gasteiger partial charge is 0.342 e. The predicted octanol–water partition coefficient (Wildman–Crippen LogP) is 4.64. The van der Waals surface area contributed by atoms with Gasteiger partial charge in [0.05, 0.1) is 10.7 Å². The Kier molecular flexibility index (Phi) is 4.43. The summed E-state index contributed by atoms with van der Waals surface area (Å²) in [6.45, 7) is 4.35. The molecule has 1 heterocycles. The summed E-state index contributed by atoms with van der Waals surface area (Å²) in [7, 11) is 0. The standard InChI is InChI=1S/C15H19ClN2/c1-3-5-10-14-13(4-2)17-15(18-14)11-8-6-7-9-12(11)16/h6-9H,3-5,10H2,1-2H3,(H,17,18). The summed E-state index contributed by atoms with van der Waals surface area (Å²) in [5, 5.41) is 0.746. The van der Waals surface area contributed by atoms with Crippen molar-refractivity contribution < 1.29 is 0 Å². The molecule has 96 valence electrons. The Morgan fingerprint density at radius 2 is 2.00 bits per heavy atom. The van der Waals surface area contributed by atoms with E-state index in [9.17, 15) is 0 Å². The summed E-state index contributed by atoms with van der Waals surface area (Å²) in [5.74, 6) is 0.892. The number of unbranched alkanes of at least 4 members (excludes halogenated alkanes) is 1. The van der Waals surface area contributed by atoms with E-state index in [4.69, 9.17) is 11.6 Å². The van der Waals surface area contributed by atoms with E-state index in [2.05, 4.69) is 23.8 Å². The summed E-state index contributed by atoms with van der Waals surface area (Å²) < 4.78 is 0. The van der Waals surface area contributed by atoms with Crippen molar-refractivity contribution in [1.82, 2.24) is 9.97 Å². The molecule has 0 aliphatic rings. The van der Waals surface area contributed by atoms with Crippen LogP contribution in [0.3, 0.4) is 0 Å². The van der Waals surface area contributed by atoms with E-state index in [-0.39, 0.29) is 0 Å². The first-order valence-corrected chi connectivity index (χ1v) is 6.96. The lowest BCUT2D eigenvalue weighted by Gasteiger charge is -1.99. The number of imidazole rings is 1. The molecule has 1 N–H and O–H groups in total. The molecule has 0 aliphatic heterocycles. The van der Waals surface area contributed by atoms with Gasteiger partial charge in [-0.1, -0.05) is 44.0 Å². The summed E-state index contributed by atoms with van der Waals surface area (Å²) >= 11 is 6.21. The fraction of sp³-hybridized carbons (Fsp3) is 0.400. The molecule has 0 spiro atoms. The molecule has 2 rings (SSSR count). The van der Waals surface area contributed by atoms with Gasteiger partial charge in [-0.05, 0) is 31.4 Å². The van der Waals surface area contributed by atoms with Gasteiger partial charge in [0.15, 0.2) is 0 Å².